The van der Waals surface area contributed by atoms with Crippen LogP contribution in [-0.2, 0) is 13.8 Å². The SMILES string of the molecule is COCCCOc1ccc(S(=O)(=O)Cl)cc1C(=O)O. The molecule has 0 heterocycles. The van der Waals surface area contributed by atoms with Gasteiger partial charge in [-0.1, -0.05) is 0 Å². The lowest BCUT2D eigenvalue weighted by atomic mass is 10.2. The van der Waals surface area contributed by atoms with Gasteiger partial charge in [-0.05, 0) is 18.2 Å². The molecule has 0 saturated heterocycles. The monoisotopic (exact) mass is 308 g/mol. The lowest BCUT2D eigenvalue weighted by molar-refractivity contribution is 0.0691. The summed E-state index contributed by atoms with van der Waals surface area (Å²) in [6.45, 7) is 0.748. The number of carbonyl (C=O) groups is 1. The van der Waals surface area contributed by atoms with Crippen LogP contribution in [0.1, 0.15) is 16.8 Å². The summed E-state index contributed by atoms with van der Waals surface area (Å²) in [6, 6.07) is 3.43. The number of halogens is 1. The molecule has 0 bridgehead atoms. The number of ether oxygens (including phenoxy) is 2. The highest BCUT2D eigenvalue weighted by molar-refractivity contribution is 8.13. The fourth-order valence-electron chi connectivity index (χ4n) is 1.34. The number of benzene rings is 1. The third-order valence-corrected chi connectivity index (χ3v) is 3.56. The second-order valence-electron chi connectivity index (χ2n) is 3.60. The van der Waals surface area contributed by atoms with Gasteiger partial charge in [0.05, 0.1) is 11.5 Å². The Morgan fingerprint density at radius 2 is 2.05 bits per heavy atom. The van der Waals surface area contributed by atoms with E-state index in [1.54, 1.807) is 7.11 Å². The second-order valence-corrected chi connectivity index (χ2v) is 6.16. The molecule has 106 valence electrons. The van der Waals surface area contributed by atoms with Crippen molar-refractivity contribution in [3.63, 3.8) is 0 Å². The maximum absolute atomic E-state index is 11.1. The van der Waals surface area contributed by atoms with Gasteiger partial charge in [0.2, 0.25) is 0 Å². The predicted octanol–water partition coefficient (Wildman–Crippen LogP) is 1.73. The lowest BCUT2D eigenvalue weighted by Crippen LogP contribution is -2.07. The minimum Gasteiger partial charge on any atom is -0.493 e. The van der Waals surface area contributed by atoms with Crippen LogP contribution in [0, 0.1) is 0 Å². The zero-order chi connectivity index (χ0) is 14.5. The molecule has 1 N–H and O–H groups in total. The molecular weight excluding hydrogens is 296 g/mol. The summed E-state index contributed by atoms with van der Waals surface area (Å²) in [5, 5.41) is 9.02. The Balaban J connectivity index is 2.96. The van der Waals surface area contributed by atoms with Gasteiger partial charge >= 0.3 is 5.97 Å². The van der Waals surface area contributed by atoms with Crippen LogP contribution in [-0.4, -0.2) is 39.8 Å². The Bertz CT molecular complexity index is 554. The normalized spacial score (nSPS) is 11.3. The highest BCUT2D eigenvalue weighted by Gasteiger charge is 2.17. The van der Waals surface area contributed by atoms with Crippen LogP contribution in [0.3, 0.4) is 0 Å². The van der Waals surface area contributed by atoms with E-state index in [2.05, 4.69) is 0 Å². The number of rotatable bonds is 7. The van der Waals surface area contributed by atoms with Crippen LogP contribution in [0.2, 0.25) is 0 Å². The Kier molecular flexibility index (Phi) is 5.59. The molecule has 0 aliphatic heterocycles. The fourth-order valence-corrected chi connectivity index (χ4v) is 2.12. The van der Waals surface area contributed by atoms with Crippen molar-refractivity contribution in [2.75, 3.05) is 20.3 Å². The van der Waals surface area contributed by atoms with E-state index in [-0.39, 0.29) is 22.8 Å². The molecule has 0 fully saturated rings. The molecule has 0 spiro atoms. The molecule has 8 heteroatoms. The molecule has 19 heavy (non-hydrogen) atoms. The largest absolute Gasteiger partial charge is 0.493 e. The van der Waals surface area contributed by atoms with E-state index in [9.17, 15) is 13.2 Å². The molecule has 1 rings (SSSR count). The Labute approximate surface area is 115 Å². The van der Waals surface area contributed by atoms with E-state index >= 15 is 0 Å². The molecule has 0 aliphatic carbocycles. The quantitative estimate of drug-likeness (QED) is 0.609. The third-order valence-electron chi connectivity index (χ3n) is 2.21. The van der Waals surface area contributed by atoms with Crippen molar-refractivity contribution in [2.24, 2.45) is 0 Å². The van der Waals surface area contributed by atoms with Crippen LogP contribution in [0.5, 0.6) is 5.75 Å². The molecule has 0 saturated carbocycles. The van der Waals surface area contributed by atoms with E-state index in [4.69, 9.17) is 25.3 Å². The molecule has 0 aliphatic rings. The standard InChI is InChI=1S/C11H13ClO6S/c1-17-5-2-6-18-10-4-3-8(19(12,15)16)7-9(10)11(13)14/h3-4,7H,2,5-6H2,1H3,(H,13,14). The van der Waals surface area contributed by atoms with Crippen LogP contribution in [0.15, 0.2) is 23.1 Å². The topological polar surface area (TPSA) is 89.9 Å². The highest BCUT2D eigenvalue weighted by Crippen LogP contribution is 2.24. The van der Waals surface area contributed by atoms with Gasteiger partial charge in [0, 0.05) is 30.8 Å². The van der Waals surface area contributed by atoms with Crippen molar-refractivity contribution in [3.05, 3.63) is 23.8 Å². The van der Waals surface area contributed by atoms with Gasteiger partial charge in [0.1, 0.15) is 11.3 Å². The second kappa shape index (κ2) is 6.74. The van der Waals surface area contributed by atoms with Crippen molar-refractivity contribution in [1.29, 1.82) is 0 Å². The third kappa shape index (κ3) is 4.70. The van der Waals surface area contributed by atoms with E-state index in [1.807, 2.05) is 0 Å². The van der Waals surface area contributed by atoms with Crippen molar-refractivity contribution in [3.8, 4) is 5.75 Å². The average Bonchev–Trinajstić information content (AvgIpc) is 2.33. The molecule has 1 aromatic carbocycles. The molecule has 0 aromatic heterocycles. The Morgan fingerprint density at radius 1 is 1.37 bits per heavy atom. The number of hydrogen-bond donors (Lipinski definition) is 1. The molecule has 1 aromatic rings. The first-order chi connectivity index (χ1) is 8.86. The van der Waals surface area contributed by atoms with Crippen LogP contribution >= 0.6 is 10.7 Å². The van der Waals surface area contributed by atoms with Gasteiger partial charge in [-0.25, -0.2) is 13.2 Å². The van der Waals surface area contributed by atoms with Crippen LogP contribution < -0.4 is 4.74 Å². The summed E-state index contributed by atoms with van der Waals surface area (Å²) in [6.07, 6.45) is 0.588. The molecular formula is C11H13ClO6S. The summed E-state index contributed by atoms with van der Waals surface area (Å²) in [4.78, 5) is 10.8. The maximum Gasteiger partial charge on any atom is 0.339 e. The van der Waals surface area contributed by atoms with Gasteiger partial charge in [-0.3, -0.25) is 0 Å². The lowest BCUT2D eigenvalue weighted by Gasteiger charge is -2.09. The van der Waals surface area contributed by atoms with Gasteiger partial charge in [-0.2, -0.15) is 0 Å². The molecule has 0 unspecified atom stereocenters. The Hall–Kier alpha value is -1.31. The smallest absolute Gasteiger partial charge is 0.339 e. The summed E-state index contributed by atoms with van der Waals surface area (Å²) in [5.74, 6) is -1.20. The van der Waals surface area contributed by atoms with Gasteiger partial charge in [0.15, 0.2) is 0 Å². The first-order valence-electron chi connectivity index (χ1n) is 5.30. The van der Waals surface area contributed by atoms with Crippen LogP contribution in [0.25, 0.3) is 0 Å². The van der Waals surface area contributed by atoms with Crippen molar-refractivity contribution >= 4 is 25.7 Å². The van der Waals surface area contributed by atoms with Gasteiger partial charge in [0.25, 0.3) is 9.05 Å². The highest BCUT2D eigenvalue weighted by atomic mass is 35.7. The van der Waals surface area contributed by atoms with E-state index < -0.39 is 15.0 Å². The Morgan fingerprint density at radius 3 is 2.58 bits per heavy atom. The molecule has 0 amide bonds. The number of carboxylic acid groups (broad SMARTS) is 1. The van der Waals surface area contributed by atoms with Crippen molar-refractivity contribution in [1.82, 2.24) is 0 Å². The van der Waals surface area contributed by atoms with Gasteiger partial charge in [-0.15, -0.1) is 0 Å². The fraction of sp³-hybridized carbons (Fsp3) is 0.364. The minimum absolute atomic E-state index is 0.0904. The zero-order valence-electron chi connectivity index (χ0n) is 10.1. The zero-order valence-corrected chi connectivity index (χ0v) is 11.7. The maximum atomic E-state index is 11.1. The molecule has 6 nitrogen and oxygen atoms in total. The summed E-state index contributed by atoms with van der Waals surface area (Å²) >= 11 is 0. The predicted molar refractivity (Wildman–Crippen MR) is 68.4 cm³/mol. The summed E-state index contributed by atoms with van der Waals surface area (Å²) < 4.78 is 32.4. The first-order valence-corrected chi connectivity index (χ1v) is 7.61. The van der Waals surface area contributed by atoms with Gasteiger partial charge < -0.3 is 14.6 Å². The first kappa shape index (κ1) is 15.7. The molecule has 0 atom stereocenters. The van der Waals surface area contributed by atoms with Crippen molar-refractivity contribution in [2.45, 2.75) is 11.3 Å². The minimum atomic E-state index is -3.97. The number of carboxylic acids is 1. The number of hydrogen-bond acceptors (Lipinski definition) is 5. The average molecular weight is 309 g/mol. The van der Waals surface area contributed by atoms with Crippen LogP contribution in [0.4, 0.5) is 0 Å². The van der Waals surface area contributed by atoms with E-state index in [1.165, 1.54) is 12.1 Å². The summed E-state index contributed by atoms with van der Waals surface area (Å²) in [7, 11) is 2.73. The summed E-state index contributed by atoms with van der Waals surface area (Å²) in [5.41, 5.74) is -0.251. The van der Waals surface area contributed by atoms with Crippen molar-refractivity contribution < 1.29 is 27.8 Å². The van der Waals surface area contributed by atoms with E-state index in [0.29, 0.717) is 13.0 Å². The molecule has 0 radical (unpaired) electrons. The number of aromatic carboxylic acids is 1. The van der Waals surface area contributed by atoms with E-state index in [0.717, 1.165) is 6.07 Å². The number of methoxy groups -OCH3 is 1.